The van der Waals surface area contributed by atoms with Crippen molar-refractivity contribution in [1.29, 1.82) is 0 Å². The van der Waals surface area contributed by atoms with Gasteiger partial charge >= 0.3 is 39.2 Å². The summed E-state index contributed by atoms with van der Waals surface area (Å²) in [5, 5.41) is 0. The molecule has 0 aromatic heterocycles. The second kappa shape index (κ2) is 11.9. The van der Waals surface area contributed by atoms with Crippen LogP contribution < -0.4 is 0 Å². The van der Waals surface area contributed by atoms with Crippen LogP contribution in [0.1, 0.15) is 41.5 Å². The SMILES string of the molecule is CC(C)OP(OC(C)C)OC(C)C.[Br][Pd]. The van der Waals surface area contributed by atoms with E-state index in [4.69, 9.17) is 13.6 Å². The third-order valence-electron chi connectivity index (χ3n) is 0.891. The topological polar surface area (TPSA) is 27.7 Å². The van der Waals surface area contributed by atoms with Crippen molar-refractivity contribution in [3.63, 3.8) is 0 Å². The molecule has 0 aliphatic rings. The van der Waals surface area contributed by atoms with Gasteiger partial charge in [0.05, 0.1) is 18.3 Å². The zero-order chi connectivity index (χ0) is 12.4. The van der Waals surface area contributed by atoms with Gasteiger partial charge in [0.15, 0.2) is 0 Å². The molecule has 97 valence electrons. The molecule has 0 aliphatic carbocycles. The molecule has 0 rings (SSSR count). The summed E-state index contributed by atoms with van der Waals surface area (Å²) >= 11 is 5.35. The zero-order valence-corrected chi connectivity index (χ0v) is 14.1. The predicted octanol–water partition coefficient (Wildman–Crippen LogP) is 4.33. The van der Waals surface area contributed by atoms with E-state index >= 15 is 0 Å². The van der Waals surface area contributed by atoms with Crippen molar-refractivity contribution in [3.8, 4) is 0 Å². The molecule has 0 unspecified atom stereocenters. The summed E-state index contributed by atoms with van der Waals surface area (Å²) in [5.74, 6) is 0. The normalized spacial score (nSPS) is 11.3. The molecular weight excluding hydrogens is 373 g/mol. The summed E-state index contributed by atoms with van der Waals surface area (Å²) in [6.45, 7) is 11.8. The van der Waals surface area contributed by atoms with E-state index in [9.17, 15) is 0 Å². The Bertz CT molecular complexity index is 113. The van der Waals surface area contributed by atoms with Gasteiger partial charge in [0.25, 0.3) is 0 Å². The van der Waals surface area contributed by atoms with E-state index in [0.29, 0.717) is 0 Å². The Labute approximate surface area is 112 Å². The van der Waals surface area contributed by atoms with Gasteiger partial charge < -0.3 is 13.6 Å². The van der Waals surface area contributed by atoms with Crippen LogP contribution in [-0.4, -0.2) is 18.3 Å². The first kappa shape index (κ1) is 18.8. The average molecular weight is 395 g/mol. The first-order chi connectivity index (χ1) is 6.91. The second-order valence-electron chi connectivity index (χ2n) is 3.69. The molecule has 0 saturated heterocycles. The van der Waals surface area contributed by atoms with Crippen LogP contribution in [0.4, 0.5) is 0 Å². The third-order valence-corrected chi connectivity index (χ3v) is 2.67. The van der Waals surface area contributed by atoms with E-state index in [0.717, 1.165) is 0 Å². The Balaban J connectivity index is 0. The quantitative estimate of drug-likeness (QED) is 0.496. The van der Waals surface area contributed by atoms with Crippen LogP contribution in [0.5, 0.6) is 0 Å². The number of halogens is 1. The monoisotopic (exact) mass is 393 g/mol. The number of hydrogen-bond donors (Lipinski definition) is 0. The van der Waals surface area contributed by atoms with Crippen LogP contribution in [-0.2, 0) is 30.8 Å². The molecular formula is C9H21BrO3PPd. The van der Waals surface area contributed by atoms with Crippen molar-refractivity contribution in [2.75, 3.05) is 0 Å². The molecule has 0 N–H and O–H groups in total. The molecule has 15 heavy (non-hydrogen) atoms. The summed E-state index contributed by atoms with van der Waals surface area (Å²) in [6.07, 6.45) is 0.427. The first-order valence-corrected chi connectivity index (χ1v) is 9.49. The molecule has 0 bridgehead atoms. The number of hydrogen-bond acceptors (Lipinski definition) is 3. The van der Waals surface area contributed by atoms with Crippen LogP contribution in [0.25, 0.3) is 0 Å². The zero-order valence-electron chi connectivity index (χ0n) is 10.1. The van der Waals surface area contributed by atoms with Crippen molar-refractivity contribution in [2.45, 2.75) is 59.9 Å². The van der Waals surface area contributed by atoms with Gasteiger partial charge in [-0.1, -0.05) is 0 Å². The van der Waals surface area contributed by atoms with Crippen LogP contribution in [0, 0.1) is 0 Å². The van der Waals surface area contributed by atoms with Crippen molar-refractivity contribution in [3.05, 3.63) is 0 Å². The molecule has 0 heterocycles. The molecule has 0 amide bonds. The van der Waals surface area contributed by atoms with Gasteiger partial charge in [-0.3, -0.25) is 0 Å². The van der Waals surface area contributed by atoms with Crippen LogP contribution >= 0.6 is 22.0 Å². The van der Waals surface area contributed by atoms with Gasteiger partial charge in [0, 0.05) is 0 Å². The molecule has 6 heteroatoms. The Kier molecular flexibility index (Phi) is 15.0. The van der Waals surface area contributed by atoms with E-state index in [-0.39, 0.29) is 18.3 Å². The Morgan fingerprint density at radius 1 is 0.733 bits per heavy atom. The molecule has 0 aromatic carbocycles. The van der Waals surface area contributed by atoms with Crippen molar-refractivity contribution in [2.24, 2.45) is 0 Å². The molecule has 0 saturated carbocycles. The fourth-order valence-electron chi connectivity index (χ4n) is 0.591. The van der Waals surface area contributed by atoms with Gasteiger partial charge in [-0.15, -0.1) is 0 Å². The van der Waals surface area contributed by atoms with E-state index < -0.39 is 8.60 Å². The summed E-state index contributed by atoms with van der Waals surface area (Å²) in [4.78, 5) is 0. The van der Waals surface area contributed by atoms with Gasteiger partial charge in [0.2, 0.25) is 0 Å². The maximum atomic E-state index is 5.49. The maximum absolute atomic E-state index is 5.49. The first-order valence-electron chi connectivity index (χ1n) is 4.84. The molecule has 3 nitrogen and oxygen atoms in total. The van der Waals surface area contributed by atoms with E-state index in [2.05, 4.69) is 30.6 Å². The van der Waals surface area contributed by atoms with Crippen molar-refractivity contribution in [1.82, 2.24) is 0 Å². The van der Waals surface area contributed by atoms with Gasteiger partial charge in [0.1, 0.15) is 0 Å². The Morgan fingerprint density at radius 2 is 0.933 bits per heavy atom. The standard InChI is InChI=1S/C9H21O3P.BrH.Pd/c1-7(2)10-13(11-8(3)4)12-9(5)6;;/h7-9H,1-6H3;1H;/q;;+1/p-1. The van der Waals surface area contributed by atoms with E-state index in [1.807, 2.05) is 41.5 Å². The van der Waals surface area contributed by atoms with E-state index in [1.165, 1.54) is 0 Å². The Hall–Kier alpha value is 1.45. The molecule has 0 aromatic rings. The second-order valence-corrected chi connectivity index (χ2v) is 4.77. The average Bonchev–Trinajstić information content (AvgIpc) is 2.03. The Morgan fingerprint density at radius 3 is 1.07 bits per heavy atom. The molecule has 0 radical (unpaired) electrons. The fourth-order valence-corrected chi connectivity index (χ4v) is 1.77. The van der Waals surface area contributed by atoms with Crippen LogP contribution in [0.15, 0.2) is 0 Å². The van der Waals surface area contributed by atoms with E-state index in [1.54, 1.807) is 0 Å². The number of rotatable bonds is 6. The summed E-state index contributed by atoms with van der Waals surface area (Å²) in [6, 6.07) is 0. The molecule has 0 spiro atoms. The van der Waals surface area contributed by atoms with Gasteiger partial charge in [-0.05, 0) is 41.5 Å². The molecule has 0 fully saturated rings. The fraction of sp³-hybridized carbons (Fsp3) is 1.00. The summed E-state index contributed by atoms with van der Waals surface area (Å²) in [7, 11) is -1.18. The minimum atomic E-state index is -1.18. The third kappa shape index (κ3) is 15.5. The predicted molar refractivity (Wildman–Crippen MR) is 64.5 cm³/mol. The summed E-state index contributed by atoms with van der Waals surface area (Å²) < 4.78 is 16.5. The molecule has 0 aliphatic heterocycles. The minimum absolute atomic E-state index is 0.142. The summed E-state index contributed by atoms with van der Waals surface area (Å²) in [5.41, 5.74) is 0. The van der Waals surface area contributed by atoms with Crippen LogP contribution in [0.3, 0.4) is 0 Å². The van der Waals surface area contributed by atoms with Crippen LogP contribution in [0.2, 0.25) is 0 Å². The van der Waals surface area contributed by atoms with Crippen molar-refractivity contribution >= 4 is 22.0 Å². The van der Waals surface area contributed by atoms with Crippen molar-refractivity contribution < 1.29 is 30.8 Å². The molecule has 0 atom stereocenters. The van der Waals surface area contributed by atoms with Gasteiger partial charge in [-0.2, -0.15) is 0 Å². The van der Waals surface area contributed by atoms with Gasteiger partial charge in [-0.25, -0.2) is 0 Å².